The van der Waals surface area contributed by atoms with Gasteiger partial charge in [0.15, 0.2) is 0 Å². The normalized spacial score (nSPS) is 11.7. The predicted molar refractivity (Wildman–Crippen MR) is 140 cm³/mol. The fourth-order valence-corrected chi connectivity index (χ4v) is 4.37. The average Bonchev–Trinajstić information content (AvgIpc) is 3.22. The number of halogens is 1. The molecule has 0 aliphatic carbocycles. The van der Waals surface area contributed by atoms with Crippen LogP contribution in [0.4, 0.5) is 11.4 Å². The Kier molecular flexibility index (Phi) is 6.27. The number of rotatable bonds is 6. The number of nitrogens with zero attached hydrogens (tertiary/aromatic N) is 5. The standard InChI is InChI=1S/C25H29ClN6O2/c1-7-31(8-2)21-13-23-22(29(5)25(34)30(23)6)12-20(21)27-14-18-16(4)28-32(24(18)33)17-10-9-15(3)19(26)11-17/h9-14,28H,7-8H2,1-6H3. The molecule has 8 nitrogen and oxygen atoms in total. The van der Waals surface area contributed by atoms with Gasteiger partial charge in [0.2, 0.25) is 0 Å². The van der Waals surface area contributed by atoms with Crippen LogP contribution in [-0.2, 0) is 14.1 Å². The maximum atomic E-state index is 13.2. The van der Waals surface area contributed by atoms with Crippen LogP contribution in [0.3, 0.4) is 0 Å². The van der Waals surface area contributed by atoms with Crippen LogP contribution in [0.15, 0.2) is 44.9 Å². The van der Waals surface area contributed by atoms with Crippen molar-refractivity contribution in [3.8, 4) is 5.69 Å². The van der Waals surface area contributed by atoms with Gasteiger partial charge in [-0.25, -0.2) is 9.48 Å². The Morgan fingerprint density at radius 2 is 1.68 bits per heavy atom. The molecule has 0 unspecified atom stereocenters. The average molecular weight is 481 g/mol. The first-order valence-electron chi connectivity index (χ1n) is 11.2. The number of anilines is 1. The van der Waals surface area contributed by atoms with Crippen molar-refractivity contribution in [1.29, 1.82) is 0 Å². The summed E-state index contributed by atoms with van der Waals surface area (Å²) < 4.78 is 4.71. The quantitative estimate of drug-likeness (QED) is 0.419. The first kappa shape index (κ1) is 23.6. The molecule has 0 amide bonds. The van der Waals surface area contributed by atoms with Gasteiger partial charge in [-0.2, -0.15) is 0 Å². The van der Waals surface area contributed by atoms with E-state index in [1.54, 1.807) is 35.5 Å². The second-order valence-electron chi connectivity index (χ2n) is 8.39. The van der Waals surface area contributed by atoms with E-state index in [9.17, 15) is 9.59 Å². The van der Waals surface area contributed by atoms with Crippen LogP contribution in [0.25, 0.3) is 16.7 Å². The van der Waals surface area contributed by atoms with E-state index in [2.05, 4.69) is 23.8 Å². The van der Waals surface area contributed by atoms with Gasteiger partial charge in [0.05, 0.1) is 33.7 Å². The first-order valence-corrected chi connectivity index (χ1v) is 11.6. The highest BCUT2D eigenvalue weighted by molar-refractivity contribution is 6.31. The zero-order chi connectivity index (χ0) is 24.7. The van der Waals surface area contributed by atoms with Crippen LogP contribution in [0.1, 0.15) is 30.7 Å². The van der Waals surface area contributed by atoms with E-state index in [4.69, 9.17) is 16.6 Å². The number of aromatic nitrogens is 4. The van der Waals surface area contributed by atoms with Crippen molar-refractivity contribution >= 4 is 40.2 Å². The highest BCUT2D eigenvalue weighted by atomic mass is 35.5. The Morgan fingerprint density at radius 3 is 2.29 bits per heavy atom. The van der Waals surface area contributed by atoms with E-state index in [1.165, 1.54) is 4.68 Å². The van der Waals surface area contributed by atoms with Crippen LogP contribution in [0.2, 0.25) is 5.02 Å². The zero-order valence-corrected chi connectivity index (χ0v) is 21.1. The molecule has 0 spiro atoms. The fourth-order valence-electron chi connectivity index (χ4n) is 4.19. The van der Waals surface area contributed by atoms with Gasteiger partial charge in [-0.1, -0.05) is 17.7 Å². The van der Waals surface area contributed by atoms with Crippen LogP contribution < -0.4 is 16.1 Å². The summed E-state index contributed by atoms with van der Waals surface area (Å²) in [5.41, 5.74) is 5.69. The van der Waals surface area contributed by atoms with Gasteiger partial charge in [0.25, 0.3) is 5.56 Å². The number of fused-ring (bicyclic) bond motifs is 1. The molecule has 0 radical (unpaired) electrons. The molecule has 2 heterocycles. The van der Waals surface area contributed by atoms with Gasteiger partial charge in [-0.3, -0.25) is 24.0 Å². The van der Waals surface area contributed by atoms with E-state index in [0.29, 0.717) is 27.7 Å². The van der Waals surface area contributed by atoms with Gasteiger partial charge < -0.3 is 4.90 Å². The molecule has 2 aromatic carbocycles. The number of hydrogen-bond donors (Lipinski definition) is 1. The molecule has 0 bridgehead atoms. The molecule has 178 valence electrons. The van der Waals surface area contributed by atoms with Crippen molar-refractivity contribution in [2.45, 2.75) is 27.7 Å². The van der Waals surface area contributed by atoms with E-state index in [1.807, 2.05) is 38.1 Å². The second kappa shape index (κ2) is 9.02. The minimum atomic E-state index is -0.209. The summed E-state index contributed by atoms with van der Waals surface area (Å²) in [6, 6.07) is 9.39. The molecule has 34 heavy (non-hydrogen) atoms. The smallest absolute Gasteiger partial charge is 0.328 e. The summed E-state index contributed by atoms with van der Waals surface area (Å²) in [5, 5.41) is 3.71. The molecule has 1 N–H and O–H groups in total. The number of aromatic amines is 1. The van der Waals surface area contributed by atoms with Gasteiger partial charge >= 0.3 is 5.69 Å². The van der Waals surface area contributed by atoms with Crippen LogP contribution >= 0.6 is 11.6 Å². The number of imidazole rings is 1. The molecule has 4 rings (SSSR count). The van der Waals surface area contributed by atoms with E-state index in [0.717, 1.165) is 35.4 Å². The lowest BCUT2D eigenvalue weighted by Gasteiger charge is -2.23. The van der Waals surface area contributed by atoms with Crippen LogP contribution in [0, 0.1) is 13.8 Å². The Balaban J connectivity index is 1.85. The van der Waals surface area contributed by atoms with Crippen molar-refractivity contribution in [2.75, 3.05) is 18.0 Å². The molecule has 0 saturated carbocycles. The van der Waals surface area contributed by atoms with Gasteiger partial charge in [-0.15, -0.1) is 0 Å². The third kappa shape index (κ3) is 3.88. The van der Waals surface area contributed by atoms with Crippen LogP contribution in [0.5, 0.6) is 0 Å². The summed E-state index contributed by atoms with van der Waals surface area (Å²) >= 11 is 6.27. The number of aliphatic imine (C=N–C) groups is 1. The van der Waals surface area contributed by atoms with E-state index < -0.39 is 0 Å². The second-order valence-corrected chi connectivity index (χ2v) is 8.79. The van der Waals surface area contributed by atoms with Crippen molar-refractivity contribution in [1.82, 2.24) is 18.9 Å². The third-order valence-electron chi connectivity index (χ3n) is 6.34. The molecule has 9 heteroatoms. The minimum absolute atomic E-state index is 0.0947. The highest BCUT2D eigenvalue weighted by Gasteiger charge is 2.16. The molecule has 0 fully saturated rings. The highest BCUT2D eigenvalue weighted by Crippen LogP contribution is 2.33. The zero-order valence-electron chi connectivity index (χ0n) is 20.3. The Morgan fingerprint density at radius 1 is 1.03 bits per heavy atom. The number of aryl methyl sites for hydroxylation is 4. The Bertz CT molecular complexity index is 1530. The fraction of sp³-hybridized carbons (Fsp3) is 0.320. The first-order chi connectivity index (χ1) is 16.2. The molecular weight excluding hydrogens is 452 g/mol. The third-order valence-corrected chi connectivity index (χ3v) is 6.74. The Labute approximate surface area is 202 Å². The lowest BCUT2D eigenvalue weighted by molar-refractivity contribution is 0.795. The molecule has 4 aromatic rings. The van der Waals surface area contributed by atoms with E-state index >= 15 is 0 Å². The van der Waals surface area contributed by atoms with Crippen LogP contribution in [-0.4, -0.2) is 38.2 Å². The minimum Gasteiger partial charge on any atom is -0.370 e. The Hall–Kier alpha value is -3.52. The number of nitrogens with one attached hydrogen (secondary N) is 1. The SMILES string of the molecule is CCN(CC)c1cc2c(cc1N=Cc1c(C)[nH]n(-c3ccc(C)c(Cl)c3)c1=O)n(C)c(=O)n2C. The molecule has 0 atom stereocenters. The lowest BCUT2D eigenvalue weighted by atomic mass is 10.2. The summed E-state index contributed by atoms with van der Waals surface area (Å²) in [4.78, 5) is 32.6. The number of benzene rings is 2. The summed E-state index contributed by atoms with van der Waals surface area (Å²) in [7, 11) is 3.51. The summed E-state index contributed by atoms with van der Waals surface area (Å²) in [6.45, 7) is 9.48. The van der Waals surface area contributed by atoms with Crippen molar-refractivity contribution < 1.29 is 0 Å². The summed E-state index contributed by atoms with van der Waals surface area (Å²) in [6.07, 6.45) is 1.59. The van der Waals surface area contributed by atoms with E-state index in [-0.39, 0.29) is 11.2 Å². The molecule has 0 aliphatic rings. The molecule has 0 saturated heterocycles. The largest absolute Gasteiger partial charge is 0.370 e. The maximum absolute atomic E-state index is 13.2. The van der Waals surface area contributed by atoms with Gasteiger partial charge in [-0.05, 0) is 57.5 Å². The van der Waals surface area contributed by atoms with Gasteiger partial charge in [0, 0.05) is 44.1 Å². The van der Waals surface area contributed by atoms with Crippen molar-refractivity contribution in [3.63, 3.8) is 0 Å². The summed E-state index contributed by atoms with van der Waals surface area (Å²) in [5.74, 6) is 0. The molecule has 2 aromatic heterocycles. The monoisotopic (exact) mass is 480 g/mol. The molecule has 0 aliphatic heterocycles. The molecular formula is C25H29ClN6O2. The topological polar surface area (TPSA) is 80.3 Å². The van der Waals surface area contributed by atoms with Gasteiger partial charge in [0.1, 0.15) is 0 Å². The number of H-pyrrole nitrogens is 1. The predicted octanol–water partition coefficient (Wildman–Crippen LogP) is 4.22. The number of hydrogen-bond acceptors (Lipinski definition) is 4. The van der Waals surface area contributed by atoms with Crippen molar-refractivity contribution in [3.05, 3.63) is 73.0 Å². The van der Waals surface area contributed by atoms with Crippen molar-refractivity contribution in [2.24, 2.45) is 19.1 Å². The lowest BCUT2D eigenvalue weighted by Crippen LogP contribution is -2.22. The maximum Gasteiger partial charge on any atom is 0.328 e.